The van der Waals surface area contributed by atoms with Crippen molar-refractivity contribution in [3.05, 3.63) is 42.0 Å². The van der Waals surface area contributed by atoms with Gasteiger partial charge in [0.2, 0.25) is 3.79 Å². The van der Waals surface area contributed by atoms with Crippen LogP contribution in [0.15, 0.2) is 36.4 Å². The second-order valence-corrected chi connectivity index (χ2v) is 7.40. The van der Waals surface area contributed by atoms with Gasteiger partial charge < -0.3 is 5.11 Å². The summed E-state index contributed by atoms with van der Waals surface area (Å²) in [6, 6.07) is 10.3. The standard InChI is InChI=1S/C12H7Cl5O/c13-11(14,12(15,16)17)8-5-7-3-1-2-4-9(7)10(18)6-8/h1-6,18H. The van der Waals surface area contributed by atoms with E-state index in [0.29, 0.717) is 10.9 Å². The van der Waals surface area contributed by atoms with Crippen LogP contribution in [0.5, 0.6) is 5.75 Å². The molecule has 0 aromatic heterocycles. The lowest BCUT2D eigenvalue weighted by Crippen LogP contribution is -2.28. The minimum Gasteiger partial charge on any atom is -0.507 e. The third-order valence-corrected chi connectivity index (χ3v) is 4.99. The summed E-state index contributed by atoms with van der Waals surface area (Å²) in [5.74, 6) is 0.0306. The van der Waals surface area contributed by atoms with E-state index in [1.807, 2.05) is 12.1 Å². The molecule has 2 rings (SSSR count). The number of hydrogen-bond acceptors (Lipinski definition) is 1. The maximum atomic E-state index is 9.93. The Balaban J connectivity index is 2.67. The van der Waals surface area contributed by atoms with Gasteiger partial charge in [0, 0.05) is 5.39 Å². The van der Waals surface area contributed by atoms with E-state index in [9.17, 15) is 5.11 Å². The molecular weight excluding hydrogens is 337 g/mol. The van der Waals surface area contributed by atoms with Gasteiger partial charge in [0.05, 0.1) is 0 Å². The van der Waals surface area contributed by atoms with Crippen molar-refractivity contribution in [1.29, 1.82) is 0 Å². The van der Waals surface area contributed by atoms with Crippen LogP contribution in [-0.4, -0.2) is 8.90 Å². The summed E-state index contributed by atoms with van der Waals surface area (Å²) < 4.78 is -3.66. The number of phenols is 1. The van der Waals surface area contributed by atoms with E-state index in [-0.39, 0.29) is 5.75 Å². The topological polar surface area (TPSA) is 20.2 Å². The number of phenolic OH excluding ortho intramolecular Hbond substituents is 1. The molecule has 18 heavy (non-hydrogen) atoms. The highest BCUT2D eigenvalue weighted by Gasteiger charge is 2.47. The Morgan fingerprint density at radius 3 is 2.11 bits per heavy atom. The molecule has 0 saturated carbocycles. The van der Waals surface area contributed by atoms with Crippen molar-refractivity contribution in [2.24, 2.45) is 0 Å². The van der Waals surface area contributed by atoms with Crippen molar-refractivity contribution in [2.75, 3.05) is 0 Å². The summed E-state index contributed by atoms with van der Waals surface area (Å²) in [4.78, 5) is 0. The number of benzene rings is 2. The predicted molar refractivity (Wildman–Crippen MR) is 79.3 cm³/mol. The van der Waals surface area contributed by atoms with Crippen LogP contribution < -0.4 is 0 Å². The van der Waals surface area contributed by atoms with Gasteiger partial charge in [-0.15, -0.1) is 0 Å². The largest absolute Gasteiger partial charge is 0.507 e. The van der Waals surface area contributed by atoms with E-state index in [1.165, 1.54) is 6.07 Å². The molecule has 0 heterocycles. The average Bonchev–Trinajstić information content (AvgIpc) is 2.27. The first-order valence-electron chi connectivity index (χ1n) is 4.90. The van der Waals surface area contributed by atoms with Crippen LogP contribution in [0.4, 0.5) is 0 Å². The Morgan fingerprint density at radius 1 is 0.889 bits per heavy atom. The molecule has 2 aromatic rings. The van der Waals surface area contributed by atoms with Gasteiger partial charge >= 0.3 is 0 Å². The van der Waals surface area contributed by atoms with Gasteiger partial charge in [-0.3, -0.25) is 0 Å². The van der Waals surface area contributed by atoms with Gasteiger partial charge in [-0.1, -0.05) is 82.3 Å². The number of alkyl halides is 5. The van der Waals surface area contributed by atoms with Crippen LogP contribution in [0.1, 0.15) is 5.56 Å². The smallest absolute Gasteiger partial charge is 0.227 e. The molecule has 0 aliphatic rings. The Kier molecular flexibility index (Phi) is 3.84. The molecule has 0 spiro atoms. The third-order valence-electron chi connectivity index (χ3n) is 2.56. The molecule has 2 aromatic carbocycles. The van der Waals surface area contributed by atoms with Crippen LogP contribution >= 0.6 is 58.0 Å². The van der Waals surface area contributed by atoms with Gasteiger partial charge in [-0.25, -0.2) is 0 Å². The second-order valence-electron chi connectivity index (χ2n) is 3.79. The fourth-order valence-corrected chi connectivity index (χ4v) is 2.18. The number of aromatic hydroxyl groups is 1. The zero-order chi connectivity index (χ0) is 13.6. The van der Waals surface area contributed by atoms with Crippen molar-refractivity contribution < 1.29 is 5.11 Å². The Morgan fingerprint density at radius 2 is 1.50 bits per heavy atom. The lowest BCUT2D eigenvalue weighted by atomic mass is 10.0. The van der Waals surface area contributed by atoms with Crippen molar-refractivity contribution in [3.8, 4) is 5.75 Å². The molecule has 6 heteroatoms. The maximum absolute atomic E-state index is 9.93. The lowest BCUT2D eigenvalue weighted by molar-refractivity contribution is 0.480. The highest BCUT2D eigenvalue weighted by Crippen LogP contribution is 2.53. The zero-order valence-electron chi connectivity index (χ0n) is 8.80. The molecule has 0 aliphatic heterocycles. The summed E-state index contributed by atoms with van der Waals surface area (Å²) in [5, 5.41) is 11.4. The van der Waals surface area contributed by atoms with Gasteiger partial charge in [0.15, 0.2) is 4.33 Å². The van der Waals surface area contributed by atoms with E-state index < -0.39 is 8.13 Å². The van der Waals surface area contributed by atoms with E-state index in [1.54, 1.807) is 18.2 Å². The maximum Gasteiger partial charge on any atom is 0.227 e. The number of halogens is 5. The van der Waals surface area contributed by atoms with Crippen LogP contribution in [0.3, 0.4) is 0 Å². The average molecular weight is 344 g/mol. The summed E-state index contributed by atoms with van der Waals surface area (Å²) in [6.07, 6.45) is 0. The number of rotatable bonds is 1. The van der Waals surface area contributed by atoms with E-state index in [4.69, 9.17) is 58.0 Å². The molecule has 1 nitrogen and oxygen atoms in total. The first kappa shape index (κ1) is 14.4. The molecular formula is C12H7Cl5O. The first-order chi connectivity index (χ1) is 8.23. The zero-order valence-corrected chi connectivity index (χ0v) is 12.6. The van der Waals surface area contributed by atoms with Crippen LogP contribution in [-0.2, 0) is 4.33 Å². The van der Waals surface area contributed by atoms with Crippen molar-refractivity contribution in [2.45, 2.75) is 8.13 Å². The van der Waals surface area contributed by atoms with E-state index in [0.717, 1.165) is 5.39 Å². The molecule has 0 fully saturated rings. The Hall–Kier alpha value is -0.0500. The van der Waals surface area contributed by atoms with E-state index in [2.05, 4.69) is 0 Å². The monoisotopic (exact) mass is 342 g/mol. The molecule has 0 radical (unpaired) electrons. The van der Waals surface area contributed by atoms with Crippen LogP contribution in [0.2, 0.25) is 0 Å². The molecule has 0 unspecified atom stereocenters. The van der Waals surface area contributed by atoms with Crippen molar-refractivity contribution >= 4 is 68.8 Å². The summed E-state index contributed by atoms with van der Waals surface area (Å²) in [6.45, 7) is 0. The van der Waals surface area contributed by atoms with Crippen molar-refractivity contribution in [1.82, 2.24) is 0 Å². The molecule has 0 aliphatic carbocycles. The van der Waals surface area contributed by atoms with Crippen molar-refractivity contribution in [3.63, 3.8) is 0 Å². The quantitative estimate of drug-likeness (QED) is 0.673. The SMILES string of the molecule is Oc1cc(C(Cl)(Cl)C(Cl)(Cl)Cl)cc2ccccc12. The van der Waals surface area contributed by atoms with Gasteiger partial charge in [0.25, 0.3) is 0 Å². The number of fused-ring (bicyclic) bond motifs is 1. The summed E-state index contributed by atoms with van der Waals surface area (Å²) in [5.41, 5.74) is 0.321. The molecule has 1 N–H and O–H groups in total. The molecule has 96 valence electrons. The predicted octanol–water partition coefficient (Wildman–Crippen LogP) is 5.55. The van der Waals surface area contributed by atoms with Crippen LogP contribution in [0, 0.1) is 0 Å². The first-order valence-corrected chi connectivity index (χ1v) is 6.79. The fraction of sp³-hybridized carbons (Fsp3) is 0.167. The van der Waals surface area contributed by atoms with Gasteiger partial charge in [-0.2, -0.15) is 0 Å². The fourth-order valence-electron chi connectivity index (χ4n) is 1.64. The number of hydrogen-bond donors (Lipinski definition) is 1. The minimum absolute atomic E-state index is 0.0306. The minimum atomic E-state index is -1.91. The third kappa shape index (κ3) is 2.48. The summed E-state index contributed by atoms with van der Waals surface area (Å²) in [7, 11) is 0. The lowest BCUT2D eigenvalue weighted by Gasteiger charge is -2.28. The molecule has 0 saturated heterocycles. The highest BCUT2D eigenvalue weighted by molar-refractivity contribution is 6.75. The van der Waals surface area contributed by atoms with Gasteiger partial charge in [0.1, 0.15) is 5.75 Å². The second kappa shape index (κ2) is 4.81. The highest BCUT2D eigenvalue weighted by atomic mass is 35.6. The Bertz CT molecular complexity index is 589. The molecule has 0 bridgehead atoms. The summed E-state index contributed by atoms with van der Waals surface area (Å²) >= 11 is 29.4. The molecule has 0 atom stereocenters. The van der Waals surface area contributed by atoms with Gasteiger partial charge in [-0.05, 0) is 23.1 Å². The van der Waals surface area contributed by atoms with Crippen LogP contribution in [0.25, 0.3) is 10.8 Å². The normalized spacial score (nSPS) is 12.9. The Labute approximate surface area is 129 Å². The van der Waals surface area contributed by atoms with E-state index >= 15 is 0 Å². The molecule has 0 amide bonds.